The number of halogens is 3. The Balaban J connectivity index is 1.38. The zero-order valence-corrected chi connectivity index (χ0v) is 18.2. The Morgan fingerprint density at radius 3 is 2.53 bits per heavy atom. The van der Waals surface area contributed by atoms with Crippen molar-refractivity contribution in [3.05, 3.63) is 53.9 Å². The lowest BCUT2D eigenvalue weighted by Crippen LogP contribution is -2.38. The van der Waals surface area contributed by atoms with Crippen LogP contribution in [-0.2, 0) is 12.7 Å². The van der Waals surface area contributed by atoms with Crippen molar-refractivity contribution < 1.29 is 13.2 Å². The summed E-state index contributed by atoms with van der Waals surface area (Å²) in [5, 5.41) is 7.97. The highest BCUT2D eigenvalue weighted by atomic mass is 19.4. The van der Waals surface area contributed by atoms with E-state index in [0.717, 1.165) is 54.0 Å². The van der Waals surface area contributed by atoms with Gasteiger partial charge in [-0.05, 0) is 49.4 Å². The standard InChI is InChI=1S/C23H27F3N6/c1-32(2)21-18-8-3-4-9-19(18)30-22(31-21)29-17-7-5-6-16(12-17)27-13-15-10-11-20(28-14-15)23(24,25)26/h3-4,8-11,14,16-17,27H,5-7,12-13H2,1-2H3,(H,29,30,31)/t16-,17-/m0/s1. The Labute approximate surface area is 185 Å². The van der Waals surface area contributed by atoms with Crippen LogP contribution in [0.2, 0.25) is 0 Å². The Hall–Kier alpha value is -2.94. The van der Waals surface area contributed by atoms with Gasteiger partial charge in [-0.2, -0.15) is 18.2 Å². The van der Waals surface area contributed by atoms with E-state index in [1.54, 1.807) is 0 Å². The average molecular weight is 445 g/mol. The van der Waals surface area contributed by atoms with Crippen molar-refractivity contribution in [3.8, 4) is 0 Å². The fourth-order valence-corrected chi connectivity index (χ4v) is 4.11. The second-order valence-electron chi connectivity index (χ2n) is 8.42. The van der Waals surface area contributed by atoms with Crippen LogP contribution < -0.4 is 15.5 Å². The van der Waals surface area contributed by atoms with Gasteiger partial charge >= 0.3 is 6.18 Å². The summed E-state index contributed by atoms with van der Waals surface area (Å²) >= 11 is 0. The number of fused-ring (bicyclic) bond motifs is 1. The number of anilines is 2. The third-order valence-electron chi connectivity index (χ3n) is 5.72. The van der Waals surface area contributed by atoms with E-state index in [1.165, 1.54) is 12.3 Å². The first-order chi connectivity index (χ1) is 15.3. The topological polar surface area (TPSA) is 66.0 Å². The van der Waals surface area contributed by atoms with E-state index in [-0.39, 0.29) is 12.1 Å². The number of alkyl halides is 3. The number of pyridine rings is 1. The van der Waals surface area contributed by atoms with Gasteiger partial charge in [0.25, 0.3) is 0 Å². The van der Waals surface area contributed by atoms with E-state index < -0.39 is 11.9 Å². The number of hydrogen-bond acceptors (Lipinski definition) is 6. The normalized spacial score (nSPS) is 19.2. The van der Waals surface area contributed by atoms with Crippen molar-refractivity contribution >= 4 is 22.7 Å². The number of benzene rings is 1. The van der Waals surface area contributed by atoms with Crippen LogP contribution in [0.1, 0.15) is 36.9 Å². The molecule has 2 aromatic heterocycles. The number of hydrogen-bond donors (Lipinski definition) is 2. The summed E-state index contributed by atoms with van der Waals surface area (Å²) in [7, 11) is 3.93. The Kier molecular flexibility index (Phi) is 6.45. The van der Waals surface area contributed by atoms with Crippen LogP contribution in [0.15, 0.2) is 42.6 Å². The SMILES string of the molecule is CN(C)c1nc(N[C@H]2CCC[C@H](NCc3ccc(C(F)(F)F)nc3)C2)nc2ccccc12. The number of aromatic nitrogens is 3. The fraction of sp³-hybridized carbons (Fsp3) is 0.435. The minimum Gasteiger partial charge on any atom is -0.362 e. The van der Waals surface area contributed by atoms with E-state index in [2.05, 4.69) is 20.6 Å². The first-order valence-electron chi connectivity index (χ1n) is 10.8. The predicted octanol–water partition coefficient (Wildman–Crippen LogP) is 4.62. The van der Waals surface area contributed by atoms with Gasteiger partial charge in [0.2, 0.25) is 5.95 Å². The van der Waals surface area contributed by atoms with Crippen LogP contribution in [-0.4, -0.2) is 41.1 Å². The van der Waals surface area contributed by atoms with Gasteiger partial charge in [0.1, 0.15) is 11.5 Å². The van der Waals surface area contributed by atoms with Crippen LogP contribution in [0.4, 0.5) is 24.9 Å². The smallest absolute Gasteiger partial charge is 0.362 e. The average Bonchev–Trinajstić information content (AvgIpc) is 2.77. The lowest BCUT2D eigenvalue weighted by atomic mass is 9.91. The molecule has 2 heterocycles. The van der Waals surface area contributed by atoms with Crippen molar-refractivity contribution in [2.45, 2.75) is 50.5 Å². The van der Waals surface area contributed by atoms with Crippen LogP contribution in [0.3, 0.4) is 0 Å². The summed E-state index contributed by atoms with van der Waals surface area (Å²) in [5.74, 6) is 1.49. The molecule has 32 heavy (non-hydrogen) atoms. The number of rotatable bonds is 6. The molecule has 0 radical (unpaired) electrons. The molecule has 0 unspecified atom stereocenters. The number of para-hydroxylation sites is 1. The first-order valence-corrected chi connectivity index (χ1v) is 10.8. The number of nitrogens with one attached hydrogen (secondary N) is 2. The maximum atomic E-state index is 12.7. The molecule has 170 valence electrons. The molecule has 0 saturated heterocycles. The van der Waals surface area contributed by atoms with Gasteiger partial charge in [-0.3, -0.25) is 4.98 Å². The molecule has 1 aliphatic carbocycles. The molecule has 6 nitrogen and oxygen atoms in total. The minimum atomic E-state index is -4.41. The predicted molar refractivity (Wildman–Crippen MR) is 120 cm³/mol. The highest BCUT2D eigenvalue weighted by molar-refractivity contribution is 5.90. The Bertz CT molecular complexity index is 1050. The second-order valence-corrected chi connectivity index (χ2v) is 8.42. The lowest BCUT2D eigenvalue weighted by Gasteiger charge is -2.30. The molecule has 9 heteroatoms. The largest absolute Gasteiger partial charge is 0.433 e. The van der Waals surface area contributed by atoms with Gasteiger partial charge in [0.15, 0.2) is 0 Å². The molecule has 0 bridgehead atoms. The van der Waals surface area contributed by atoms with Crippen LogP contribution >= 0.6 is 0 Å². The summed E-state index contributed by atoms with van der Waals surface area (Å²) in [6.45, 7) is 0.486. The van der Waals surface area contributed by atoms with Crippen molar-refractivity contribution in [2.24, 2.45) is 0 Å². The number of nitrogens with zero attached hydrogens (tertiary/aromatic N) is 4. The van der Waals surface area contributed by atoms with Crippen molar-refractivity contribution in [2.75, 3.05) is 24.3 Å². The third-order valence-corrected chi connectivity index (χ3v) is 5.72. The molecule has 2 atom stereocenters. The maximum absolute atomic E-state index is 12.7. The fourth-order valence-electron chi connectivity index (χ4n) is 4.11. The van der Waals surface area contributed by atoms with Gasteiger partial charge in [-0.1, -0.05) is 18.2 Å². The van der Waals surface area contributed by atoms with Gasteiger partial charge in [-0.25, -0.2) is 4.98 Å². The molecular weight excluding hydrogens is 417 g/mol. The molecule has 0 amide bonds. The quantitative estimate of drug-likeness (QED) is 0.578. The van der Waals surface area contributed by atoms with Gasteiger partial charge in [0, 0.05) is 44.3 Å². The zero-order chi connectivity index (χ0) is 22.7. The summed E-state index contributed by atoms with van der Waals surface area (Å²) < 4.78 is 38.0. The highest BCUT2D eigenvalue weighted by Crippen LogP contribution is 2.28. The molecule has 0 aliphatic heterocycles. The third kappa shape index (κ3) is 5.27. The molecular formula is C23H27F3N6. The van der Waals surface area contributed by atoms with E-state index in [4.69, 9.17) is 4.98 Å². The summed E-state index contributed by atoms with van der Waals surface area (Å²) in [6.07, 6.45) is 0.864. The molecule has 0 spiro atoms. The molecule has 1 aromatic carbocycles. The molecule has 4 rings (SSSR count). The van der Waals surface area contributed by atoms with Crippen molar-refractivity contribution in [1.82, 2.24) is 20.3 Å². The van der Waals surface area contributed by atoms with Crippen LogP contribution in [0, 0.1) is 0 Å². The minimum absolute atomic E-state index is 0.225. The van der Waals surface area contributed by atoms with Gasteiger partial charge in [0.05, 0.1) is 5.52 Å². The van der Waals surface area contributed by atoms with E-state index in [9.17, 15) is 13.2 Å². The molecule has 1 saturated carbocycles. The van der Waals surface area contributed by atoms with Gasteiger partial charge in [-0.15, -0.1) is 0 Å². The molecule has 2 N–H and O–H groups in total. The monoisotopic (exact) mass is 444 g/mol. The van der Waals surface area contributed by atoms with Crippen LogP contribution in [0.5, 0.6) is 0 Å². The Morgan fingerprint density at radius 2 is 1.81 bits per heavy atom. The van der Waals surface area contributed by atoms with E-state index in [0.29, 0.717) is 12.5 Å². The lowest BCUT2D eigenvalue weighted by molar-refractivity contribution is -0.141. The van der Waals surface area contributed by atoms with Crippen molar-refractivity contribution in [3.63, 3.8) is 0 Å². The van der Waals surface area contributed by atoms with Crippen LogP contribution in [0.25, 0.3) is 10.9 Å². The second kappa shape index (κ2) is 9.28. The zero-order valence-electron chi connectivity index (χ0n) is 18.2. The highest BCUT2D eigenvalue weighted by Gasteiger charge is 2.32. The van der Waals surface area contributed by atoms with Gasteiger partial charge < -0.3 is 15.5 Å². The maximum Gasteiger partial charge on any atom is 0.433 e. The van der Waals surface area contributed by atoms with E-state index in [1.807, 2.05) is 43.3 Å². The molecule has 3 aromatic rings. The summed E-state index contributed by atoms with van der Waals surface area (Å²) in [5.41, 5.74) is 0.770. The van der Waals surface area contributed by atoms with Crippen molar-refractivity contribution in [1.29, 1.82) is 0 Å². The summed E-state index contributed by atoms with van der Waals surface area (Å²) in [4.78, 5) is 14.9. The first kappa shape index (κ1) is 22.3. The molecule has 1 aliphatic rings. The van der Waals surface area contributed by atoms with E-state index >= 15 is 0 Å². The Morgan fingerprint density at radius 1 is 1.03 bits per heavy atom. The molecule has 1 fully saturated rings. The summed E-state index contributed by atoms with van der Waals surface area (Å²) in [6, 6.07) is 10.9.